The molecule has 0 aliphatic rings. The highest BCUT2D eigenvalue weighted by Crippen LogP contribution is 2.35. The Morgan fingerprint density at radius 2 is 1.19 bits per heavy atom. The second-order valence-corrected chi connectivity index (χ2v) is 7.12. The summed E-state index contributed by atoms with van der Waals surface area (Å²) in [6.45, 7) is 0. The summed E-state index contributed by atoms with van der Waals surface area (Å²) in [7, 11) is 2.14. The Kier molecular flexibility index (Phi) is 2.84. The highest BCUT2D eigenvalue weighted by atomic mass is 16.3. The minimum atomic E-state index is 0.936. The normalized spacial score (nSPS) is 11.9. The van der Waals surface area contributed by atoms with Crippen molar-refractivity contribution in [3.63, 3.8) is 0 Å². The lowest BCUT2D eigenvalue weighted by molar-refractivity contribution is 0.669. The fraction of sp³-hybridized carbons (Fsp3) is 0.0400. The first-order valence-electron chi connectivity index (χ1n) is 9.18. The minimum Gasteiger partial charge on any atom is -0.456 e. The van der Waals surface area contributed by atoms with E-state index < -0.39 is 0 Å². The monoisotopic (exact) mass is 347 g/mol. The molecule has 0 amide bonds. The quantitative estimate of drug-likeness (QED) is 0.316. The topological polar surface area (TPSA) is 18.1 Å². The largest absolute Gasteiger partial charge is 0.456 e. The van der Waals surface area contributed by atoms with Gasteiger partial charge in [0.1, 0.15) is 11.2 Å². The van der Waals surface area contributed by atoms with Crippen LogP contribution in [0.4, 0.5) is 0 Å². The smallest absolute Gasteiger partial charge is 0.136 e. The van der Waals surface area contributed by atoms with Gasteiger partial charge in [-0.05, 0) is 41.5 Å². The van der Waals surface area contributed by atoms with E-state index in [0.29, 0.717) is 0 Å². The van der Waals surface area contributed by atoms with Gasteiger partial charge in [0.05, 0.1) is 0 Å². The van der Waals surface area contributed by atoms with Gasteiger partial charge in [0.2, 0.25) is 0 Å². The molecule has 0 atom stereocenters. The van der Waals surface area contributed by atoms with E-state index in [1.54, 1.807) is 0 Å². The summed E-state index contributed by atoms with van der Waals surface area (Å²) in [6, 6.07) is 30.0. The highest BCUT2D eigenvalue weighted by Gasteiger charge is 2.11. The van der Waals surface area contributed by atoms with E-state index in [1.165, 1.54) is 43.7 Å². The number of benzene rings is 4. The molecule has 0 fully saturated rings. The average Bonchev–Trinajstić information content (AvgIpc) is 3.23. The molecule has 6 aromatic rings. The molecule has 128 valence electrons. The molecule has 4 aromatic carbocycles. The van der Waals surface area contributed by atoms with Crippen LogP contribution in [0, 0.1) is 0 Å². The maximum atomic E-state index is 6.07. The minimum absolute atomic E-state index is 0.936. The van der Waals surface area contributed by atoms with Crippen molar-refractivity contribution in [3.05, 3.63) is 84.9 Å². The molecule has 0 aliphatic carbocycles. The van der Waals surface area contributed by atoms with Crippen LogP contribution in [0.3, 0.4) is 0 Å². The molecule has 0 unspecified atom stereocenters. The van der Waals surface area contributed by atoms with Gasteiger partial charge in [0.15, 0.2) is 0 Å². The SMILES string of the molecule is Cn1c2ccccc2c2ccc(-c3ccc4c(c3)oc3ccccc34)cc21. The van der Waals surface area contributed by atoms with Gasteiger partial charge in [0.25, 0.3) is 0 Å². The molecule has 0 bridgehead atoms. The Hall–Kier alpha value is -3.52. The number of aromatic nitrogens is 1. The zero-order chi connectivity index (χ0) is 18.0. The van der Waals surface area contributed by atoms with Gasteiger partial charge in [0, 0.05) is 39.6 Å². The summed E-state index contributed by atoms with van der Waals surface area (Å²) in [5.41, 5.74) is 6.76. The van der Waals surface area contributed by atoms with Gasteiger partial charge in [-0.25, -0.2) is 0 Å². The number of furan rings is 1. The first-order valence-corrected chi connectivity index (χ1v) is 9.18. The zero-order valence-electron chi connectivity index (χ0n) is 14.9. The van der Waals surface area contributed by atoms with E-state index >= 15 is 0 Å². The van der Waals surface area contributed by atoms with Gasteiger partial charge in [-0.1, -0.05) is 54.6 Å². The summed E-state index contributed by atoms with van der Waals surface area (Å²) in [6.07, 6.45) is 0. The predicted octanol–water partition coefficient (Wildman–Crippen LogP) is 6.90. The van der Waals surface area contributed by atoms with Gasteiger partial charge in [-0.2, -0.15) is 0 Å². The second-order valence-electron chi connectivity index (χ2n) is 7.12. The van der Waals surface area contributed by atoms with Gasteiger partial charge < -0.3 is 8.98 Å². The van der Waals surface area contributed by atoms with Gasteiger partial charge in [-0.3, -0.25) is 0 Å². The fourth-order valence-electron chi connectivity index (χ4n) is 4.25. The van der Waals surface area contributed by atoms with E-state index in [9.17, 15) is 0 Å². The Labute approximate surface area is 156 Å². The molecule has 0 N–H and O–H groups in total. The number of rotatable bonds is 1. The summed E-state index contributed by atoms with van der Waals surface area (Å²) in [4.78, 5) is 0. The Morgan fingerprint density at radius 1 is 0.556 bits per heavy atom. The van der Waals surface area contributed by atoms with Gasteiger partial charge in [-0.15, -0.1) is 0 Å². The highest BCUT2D eigenvalue weighted by molar-refractivity contribution is 6.09. The van der Waals surface area contributed by atoms with Crippen molar-refractivity contribution in [3.8, 4) is 11.1 Å². The maximum absolute atomic E-state index is 6.07. The molecule has 6 rings (SSSR count). The number of hydrogen-bond donors (Lipinski definition) is 0. The molecular formula is C25H17NO. The number of aryl methyl sites for hydroxylation is 1. The van der Waals surface area contributed by atoms with Crippen molar-refractivity contribution < 1.29 is 4.42 Å². The van der Waals surface area contributed by atoms with Crippen LogP contribution < -0.4 is 0 Å². The van der Waals surface area contributed by atoms with Crippen LogP contribution in [0.25, 0.3) is 54.9 Å². The number of hydrogen-bond acceptors (Lipinski definition) is 1. The fourth-order valence-corrected chi connectivity index (χ4v) is 4.25. The van der Waals surface area contributed by atoms with Crippen molar-refractivity contribution in [2.45, 2.75) is 0 Å². The third-order valence-electron chi connectivity index (χ3n) is 5.63. The summed E-state index contributed by atoms with van der Waals surface area (Å²) in [5.74, 6) is 0. The molecule has 2 heterocycles. The van der Waals surface area contributed by atoms with Crippen molar-refractivity contribution in [2.75, 3.05) is 0 Å². The van der Waals surface area contributed by atoms with Crippen molar-refractivity contribution in [2.24, 2.45) is 7.05 Å². The first kappa shape index (κ1) is 14.6. The van der Waals surface area contributed by atoms with Crippen molar-refractivity contribution in [1.82, 2.24) is 4.57 Å². The lowest BCUT2D eigenvalue weighted by atomic mass is 10.0. The first-order chi connectivity index (χ1) is 13.3. The lowest BCUT2D eigenvalue weighted by Crippen LogP contribution is -1.86. The number of nitrogens with zero attached hydrogens (tertiary/aromatic N) is 1. The zero-order valence-corrected chi connectivity index (χ0v) is 14.9. The summed E-state index contributed by atoms with van der Waals surface area (Å²) in [5, 5.41) is 4.93. The van der Waals surface area contributed by atoms with Crippen LogP contribution in [0.2, 0.25) is 0 Å². The third-order valence-corrected chi connectivity index (χ3v) is 5.63. The molecule has 2 nitrogen and oxygen atoms in total. The van der Waals surface area contributed by atoms with Crippen LogP contribution in [0.5, 0.6) is 0 Å². The average molecular weight is 347 g/mol. The molecular weight excluding hydrogens is 330 g/mol. The van der Waals surface area contributed by atoms with Crippen LogP contribution in [-0.2, 0) is 7.05 Å². The van der Waals surface area contributed by atoms with Crippen LogP contribution in [0.15, 0.2) is 89.3 Å². The van der Waals surface area contributed by atoms with Gasteiger partial charge >= 0.3 is 0 Å². The Balaban J connectivity index is 1.59. The van der Waals surface area contributed by atoms with Crippen molar-refractivity contribution in [1.29, 1.82) is 0 Å². The molecule has 27 heavy (non-hydrogen) atoms. The van der Waals surface area contributed by atoms with E-state index in [0.717, 1.165) is 11.2 Å². The number of para-hydroxylation sites is 2. The number of fused-ring (bicyclic) bond motifs is 6. The molecule has 0 aliphatic heterocycles. The van der Waals surface area contributed by atoms with Crippen LogP contribution in [-0.4, -0.2) is 4.57 Å². The lowest BCUT2D eigenvalue weighted by Gasteiger charge is -2.04. The van der Waals surface area contributed by atoms with E-state index in [-0.39, 0.29) is 0 Å². The maximum Gasteiger partial charge on any atom is 0.136 e. The van der Waals surface area contributed by atoms with Crippen LogP contribution >= 0.6 is 0 Å². The summed E-state index contributed by atoms with van der Waals surface area (Å²) < 4.78 is 8.34. The Bertz CT molecular complexity index is 1480. The second kappa shape index (κ2) is 5.24. The molecule has 2 aromatic heterocycles. The summed E-state index contributed by atoms with van der Waals surface area (Å²) >= 11 is 0. The molecule has 0 saturated carbocycles. The molecule has 2 heteroatoms. The molecule has 0 radical (unpaired) electrons. The van der Waals surface area contributed by atoms with E-state index in [2.05, 4.69) is 84.4 Å². The molecule has 0 spiro atoms. The standard InChI is InChI=1S/C25H17NO/c1-26-22-8-4-2-6-18(22)19-12-10-16(14-23(19)26)17-11-13-21-20-7-3-5-9-24(20)27-25(21)15-17/h2-15H,1H3. The van der Waals surface area contributed by atoms with E-state index in [4.69, 9.17) is 4.42 Å². The third kappa shape index (κ3) is 2.01. The van der Waals surface area contributed by atoms with Crippen LogP contribution in [0.1, 0.15) is 0 Å². The van der Waals surface area contributed by atoms with Crippen molar-refractivity contribution >= 4 is 43.7 Å². The predicted molar refractivity (Wildman–Crippen MR) is 113 cm³/mol. The molecule has 0 saturated heterocycles. The van der Waals surface area contributed by atoms with E-state index in [1.807, 2.05) is 12.1 Å². The Morgan fingerprint density at radius 3 is 2.07 bits per heavy atom.